The largest absolute Gasteiger partial charge is 0.464 e. The number of amides is 1. The zero-order chi connectivity index (χ0) is 14.1. The van der Waals surface area contributed by atoms with E-state index >= 15 is 0 Å². The molecule has 0 bridgehead atoms. The fraction of sp³-hybridized carbons (Fsp3) is 0.267. The first-order valence-electron chi connectivity index (χ1n) is 6.59. The number of rotatable bonds is 4. The molecule has 4 nitrogen and oxygen atoms in total. The third-order valence-electron chi connectivity index (χ3n) is 3.34. The molecule has 104 valence electrons. The van der Waals surface area contributed by atoms with E-state index in [0.717, 1.165) is 34.9 Å². The molecule has 0 saturated carbocycles. The van der Waals surface area contributed by atoms with Gasteiger partial charge in [-0.15, -0.1) is 0 Å². The molecule has 5 heteroatoms. The van der Waals surface area contributed by atoms with Crippen molar-refractivity contribution in [3.05, 3.63) is 46.4 Å². The number of benzene rings is 1. The van der Waals surface area contributed by atoms with Gasteiger partial charge in [0.2, 0.25) is 5.91 Å². The predicted octanol–water partition coefficient (Wildman–Crippen LogP) is 3.60. The summed E-state index contributed by atoms with van der Waals surface area (Å²) < 4.78 is 5.63. The van der Waals surface area contributed by atoms with E-state index in [1.807, 2.05) is 18.2 Å². The number of carbonyl (C=O) groups is 1. The molecule has 1 aliphatic heterocycles. The van der Waals surface area contributed by atoms with Crippen LogP contribution in [0.4, 0.5) is 11.4 Å². The summed E-state index contributed by atoms with van der Waals surface area (Å²) in [5.74, 6) is 1.84. The quantitative estimate of drug-likeness (QED) is 0.904. The molecule has 1 amide bonds. The van der Waals surface area contributed by atoms with Crippen LogP contribution in [0.2, 0.25) is 5.02 Å². The van der Waals surface area contributed by atoms with Gasteiger partial charge in [0.05, 0.1) is 23.7 Å². The van der Waals surface area contributed by atoms with E-state index in [9.17, 15) is 4.79 Å². The highest BCUT2D eigenvalue weighted by Gasteiger charge is 2.19. The Balaban J connectivity index is 1.74. The summed E-state index contributed by atoms with van der Waals surface area (Å²) in [5.41, 5.74) is 2.59. The molecule has 20 heavy (non-hydrogen) atoms. The number of nitrogens with one attached hydrogen (secondary N) is 2. The molecule has 0 spiro atoms. The third kappa shape index (κ3) is 2.51. The summed E-state index contributed by atoms with van der Waals surface area (Å²) in [5, 5.41) is 6.62. The first kappa shape index (κ1) is 13.1. The molecule has 1 aliphatic rings. The molecule has 2 heterocycles. The van der Waals surface area contributed by atoms with E-state index in [1.54, 1.807) is 6.07 Å². The Morgan fingerprint density at radius 3 is 2.90 bits per heavy atom. The molecule has 0 aliphatic carbocycles. The van der Waals surface area contributed by atoms with Crippen LogP contribution in [-0.2, 0) is 24.2 Å². The summed E-state index contributed by atoms with van der Waals surface area (Å²) in [7, 11) is 0. The number of hydrogen-bond donors (Lipinski definition) is 2. The lowest BCUT2D eigenvalue weighted by molar-refractivity contribution is -0.115. The van der Waals surface area contributed by atoms with E-state index in [2.05, 4.69) is 17.6 Å². The first-order valence-corrected chi connectivity index (χ1v) is 6.97. The van der Waals surface area contributed by atoms with Crippen LogP contribution in [0.1, 0.15) is 24.0 Å². The highest BCUT2D eigenvalue weighted by Crippen LogP contribution is 2.33. The van der Waals surface area contributed by atoms with E-state index < -0.39 is 0 Å². The fourth-order valence-corrected chi connectivity index (χ4v) is 2.50. The smallest absolute Gasteiger partial charge is 0.228 e. The van der Waals surface area contributed by atoms with Crippen LogP contribution in [0, 0.1) is 0 Å². The lowest BCUT2D eigenvalue weighted by Crippen LogP contribution is -2.03. The van der Waals surface area contributed by atoms with Gasteiger partial charge < -0.3 is 15.1 Å². The lowest BCUT2D eigenvalue weighted by Gasteiger charge is -2.09. The number of fused-ring (bicyclic) bond motifs is 1. The number of aryl methyl sites for hydroxylation is 1. The highest BCUT2D eigenvalue weighted by molar-refractivity contribution is 6.33. The van der Waals surface area contributed by atoms with Crippen molar-refractivity contribution in [3.8, 4) is 0 Å². The van der Waals surface area contributed by atoms with E-state index in [1.165, 1.54) is 0 Å². The fourth-order valence-electron chi connectivity index (χ4n) is 2.27. The Labute approximate surface area is 122 Å². The monoisotopic (exact) mass is 290 g/mol. The van der Waals surface area contributed by atoms with Crippen LogP contribution < -0.4 is 10.6 Å². The normalized spacial score (nSPS) is 13.2. The number of carbonyl (C=O) groups excluding carboxylic acids is 1. The maximum atomic E-state index is 11.3. The van der Waals surface area contributed by atoms with Crippen molar-refractivity contribution in [2.75, 3.05) is 10.6 Å². The van der Waals surface area contributed by atoms with E-state index in [0.29, 0.717) is 18.0 Å². The van der Waals surface area contributed by atoms with Gasteiger partial charge in [0.15, 0.2) is 0 Å². The number of furan rings is 1. The maximum Gasteiger partial charge on any atom is 0.228 e. The van der Waals surface area contributed by atoms with E-state index in [-0.39, 0.29) is 5.91 Å². The Morgan fingerprint density at radius 1 is 1.35 bits per heavy atom. The van der Waals surface area contributed by atoms with Gasteiger partial charge in [-0.3, -0.25) is 4.79 Å². The van der Waals surface area contributed by atoms with Crippen molar-refractivity contribution in [1.29, 1.82) is 0 Å². The number of halogens is 1. The first-order chi connectivity index (χ1) is 9.65. The van der Waals surface area contributed by atoms with Crippen molar-refractivity contribution >= 4 is 28.9 Å². The summed E-state index contributed by atoms with van der Waals surface area (Å²) in [6.07, 6.45) is 1.29. The molecule has 0 atom stereocenters. The summed E-state index contributed by atoms with van der Waals surface area (Å²) in [4.78, 5) is 11.3. The minimum Gasteiger partial charge on any atom is -0.464 e. The Morgan fingerprint density at radius 2 is 2.15 bits per heavy atom. The second kappa shape index (κ2) is 5.21. The van der Waals surface area contributed by atoms with Crippen molar-refractivity contribution in [2.45, 2.75) is 26.3 Å². The second-order valence-electron chi connectivity index (χ2n) is 4.79. The van der Waals surface area contributed by atoms with Crippen LogP contribution in [0.3, 0.4) is 0 Å². The highest BCUT2D eigenvalue weighted by atomic mass is 35.5. The van der Waals surface area contributed by atoms with Crippen LogP contribution in [0.25, 0.3) is 0 Å². The molecular weight excluding hydrogens is 276 g/mol. The average Bonchev–Trinajstić information content (AvgIpc) is 3.01. The van der Waals surface area contributed by atoms with Crippen molar-refractivity contribution in [1.82, 2.24) is 0 Å². The van der Waals surface area contributed by atoms with Gasteiger partial charge >= 0.3 is 0 Å². The maximum absolute atomic E-state index is 11.3. The Bertz CT molecular complexity index is 664. The zero-order valence-electron chi connectivity index (χ0n) is 11.1. The molecule has 0 saturated heterocycles. The topological polar surface area (TPSA) is 54.3 Å². The Hall–Kier alpha value is -1.94. The SMILES string of the molecule is CCc1ccc(CNc2cc3c(cc2Cl)NC(=O)C3)o1. The van der Waals surface area contributed by atoms with Crippen molar-refractivity contribution < 1.29 is 9.21 Å². The Kier molecular flexibility index (Phi) is 3.40. The third-order valence-corrected chi connectivity index (χ3v) is 3.65. The van der Waals surface area contributed by atoms with Crippen molar-refractivity contribution in [3.63, 3.8) is 0 Å². The molecule has 1 aromatic heterocycles. The molecule has 2 N–H and O–H groups in total. The van der Waals surface area contributed by atoms with Crippen molar-refractivity contribution in [2.24, 2.45) is 0 Å². The van der Waals surface area contributed by atoms with E-state index in [4.69, 9.17) is 16.0 Å². The molecule has 3 rings (SSSR count). The molecule has 0 fully saturated rings. The molecule has 1 aromatic carbocycles. The van der Waals surface area contributed by atoms with Gasteiger partial charge in [0.25, 0.3) is 0 Å². The van der Waals surface area contributed by atoms with Crippen LogP contribution in [0.15, 0.2) is 28.7 Å². The van der Waals surface area contributed by atoms with Gasteiger partial charge in [0, 0.05) is 12.1 Å². The molecular formula is C15H15ClN2O2. The summed E-state index contributed by atoms with van der Waals surface area (Å²) >= 11 is 6.21. The van der Waals surface area contributed by atoms with Gasteiger partial charge in [-0.2, -0.15) is 0 Å². The number of hydrogen-bond acceptors (Lipinski definition) is 3. The number of anilines is 2. The standard InChI is InChI=1S/C15H15ClN2O2/c1-2-10-3-4-11(20-10)8-17-14-5-9-6-15(19)18-13(9)7-12(14)16/h3-5,7,17H,2,6,8H2,1H3,(H,18,19). The predicted molar refractivity (Wildman–Crippen MR) is 79.2 cm³/mol. The lowest BCUT2D eigenvalue weighted by atomic mass is 10.1. The summed E-state index contributed by atoms with van der Waals surface area (Å²) in [6, 6.07) is 7.63. The molecule has 2 aromatic rings. The molecule has 0 unspecified atom stereocenters. The van der Waals surface area contributed by atoms with Gasteiger partial charge in [-0.05, 0) is 29.8 Å². The van der Waals surface area contributed by atoms with Gasteiger partial charge in [0.1, 0.15) is 11.5 Å². The molecule has 0 radical (unpaired) electrons. The van der Waals surface area contributed by atoms with Gasteiger partial charge in [-0.25, -0.2) is 0 Å². The second-order valence-corrected chi connectivity index (χ2v) is 5.20. The van der Waals surface area contributed by atoms with Gasteiger partial charge in [-0.1, -0.05) is 18.5 Å². The van der Waals surface area contributed by atoms with Crippen LogP contribution in [0.5, 0.6) is 0 Å². The summed E-state index contributed by atoms with van der Waals surface area (Å²) in [6.45, 7) is 2.62. The minimum absolute atomic E-state index is 0.00633. The zero-order valence-corrected chi connectivity index (χ0v) is 11.9. The van der Waals surface area contributed by atoms with Crippen LogP contribution in [-0.4, -0.2) is 5.91 Å². The van der Waals surface area contributed by atoms with Crippen LogP contribution >= 0.6 is 11.6 Å². The average molecular weight is 291 g/mol. The minimum atomic E-state index is 0.00633.